The molecule has 3 fully saturated rings. The Hall–Kier alpha value is -2.94. The van der Waals surface area contributed by atoms with Crippen LogP contribution >= 0.6 is 0 Å². The molecule has 11 heteroatoms. The minimum Gasteiger partial charge on any atom is -0.352 e. The van der Waals surface area contributed by atoms with Gasteiger partial charge in [-0.3, -0.25) is 4.79 Å². The Labute approximate surface area is 206 Å². The molecule has 2 saturated heterocycles. The summed E-state index contributed by atoms with van der Waals surface area (Å²) in [4.78, 5) is 14.8. The van der Waals surface area contributed by atoms with E-state index in [-0.39, 0.29) is 31.6 Å². The van der Waals surface area contributed by atoms with E-state index in [0.717, 1.165) is 0 Å². The fourth-order valence-electron chi connectivity index (χ4n) is 5.30. The highest BCUT2D eigenvalue weighted by atomic mass is 32.2. The second-order valence-electron chi connectivity index (χ2n) is 9.65. The predicted octanol–water partition coefficient (Wildman–Crippen LogP) is 3.22. The van der Waals surface area contributed by atoms with Gasteiger partial charge in [0, 0.05) is 30.0 Å². The monoisotopic (exact) mass is 519 g/mol. The number of likely N-dealkylation sites (tertiary alicyclic amines) is 1. The summed E-state index contributed by atoms with van der Waals surface area (Å²) in [7, 11) is -4.99. The number of hydrogen-bond acceptors (Lipinski definition) is 5. The van der Waals surface area contributed by atoms with Gasteiger partial charge >= 0.3 is 5.76 Å². The lowest BCUT2D eigenvalue weighted by molar-refractivity contribution is -0.172. The summed E-state index contributed by atoms with van der Waals surface area (Å²) >= 11 is 0. The van der Waals surface area contributed by atoms with Crippen LogP contribution in [0.15, 0.2) is 48.5 Å². The lowest BCUT2D eigenvalue weighted by atomic mass is 9.90. The van der Waals surface area contributed by atoms with Crippen LogP contribution in [0.1, 0.15) is 24.8 Å². The maximum Gasteiger partial charge on any atom is 0.350 e. The number of carbonyl (C=O) groups excluding carboxylic acids is 1. The SMILES string of the molecule is N#C[C@@]1(C(=O)N2CC3(CC3)[C@H](NS(=O)(=O)C(F)F)[C@@H]2Cc2cccc(-c3ccccc3)c2F)CCO1. The molecule has 2 heterocycles. The number of amides is 1. The molecule has 0 bridgehead atoms. The average molecular weight is 520 g/mol. The number of benzene rings is 2. The number of sulfonamides is 1. The molecule has 2 aromatic rings. The molecule has 0 unspecified atom stereocenters. The van der Waals surface area contributed by atoms with E-state index in [4.69, 9.17) is 4.74 Å². The number of nitrogens with one attached hydrogen (secondary N) is 1. The highest BCUT2D eigenvalue weighted by Crippen LogP contribution is 2.56. The van der Waals surface area contributed by atoms with Gasteiger partial charge in [0.2, 0.25) is 5.60 Å². The van der Waals surface area contributed by atoms with Crippen LogP contribution in [-0.4, -0.2) is 55.8 Å². The van der Waals surface area contributed by atoms with Gasteiger partial charge in [-0.05, 0) is 30.4 Å². The highest BCUT2D eigenvalue weighted by Gasteiger charge is 2.64. The molecular formula is C25H24F3N3O4S. The second kappa shape index (κ2) is 8.87. The number of carbonyl (C=O) groups is 1. The lowest BCUT2D eigenvalue weighted by Gasteiger charge is -2.39. The number of alkyl halides is 2. The molecule has 2 aromatic carbocycles. The number of rotatable bonds is 7. The first-order chi connectivity index (χ1) is 17.1. The standard InChI is InChI=1S/C25H24F3N3O4S/c26-20-17(7-4-8-18(20)16-5-2-1-3-6-16)13-19-21(30-36(33,34)23(27)28)24(9-10-24)15-31(19)22(32)25(14-29)11-12-35-25/h1-8,19,21,23,30H,9-13,15H2/t19-,21+,25+/m0/s1. The number of hydrogen-bond donors (Lipinski definition) is 1. The minimum atomic E-state index is -4.99. The zero-order chi connectivity index (χ0) is 25.7. The van der Waals surface area contributed by atoms with Crippen LogP contribution < -0.4 is 4.72 Å². The third kappa shape index (κ3) is 4.07. The van der Waals surface area contributed by atoms with Gasteiger partial charge < -0.3 is 9.64 Å². The maximum absolute atomic E-state index is 15.7. The van der Waals surface area contributed by atoms with Gasteiger partial charge in [-0.25, -0.2) is 17.5 Å². The molecule has 1 N–H and O–H groups in total. The first kappa shape index (κ1) is 24.7. The van der Waals surface area contributed by atoms with Crippen molar-refractivity contribution in [1.82, 2.24) is 9.62 Å². The van der Waals surface area contributed by atoms with Crippen LogP contribution in [0.25, 0.3) is 11.1 Å². The lowest BCUT2D eigenvalue weighted by Crippen LogP contribution is -2.59. The quantitative estimate of drug-likeness (QED) is 0.606. The van der Waals surface area contributed by atoms with Gasteiger partial charge in [0.05, 0.1) is 12.6 Å². The Morgan fingerprint density at radius 2 is 1.86 bits per heavy atom. The molecule has 3 atom stereocenters. The van der Waals surface area contributed by atoms with Crippen molar-refractivity contribution >= 4 is 15.9 Å². The normalized spacial score (nSPS) is 26.6. The van der Waals surface area contributed by atoms with E-state index in [9.17, 15) is 27.3 Å². The van der Waals surface area contributed by atoms with E-state index >= 15 is 4.39 Å². The number of ether oxygens (including phenoxy) is 1. The summed E-state index contributed by atoms with van der Waals surface area (Å²) in [5.41, 5.74) is -1.29. The summed E-state index contributed by atoms with van der Waals surface area (Å²) < 4.78 is 74.1. The van der Waals surface area contributed by atoms with Crippen molar-refractivity contribution in [3.8, 4) is 17.2 Å². The van der Waals surface area contributed by atoms with Gasteiger partial charge in [-0.2, -0.15) is 14.0 Å². The summed E-state index contributed by atoms with van der Waals surface area (Å²) in [6.07, 6.45) is 1.06. The van der Waals surface area contributed by atoms with E-state index in [0.29, 0.717) is 24.0 Å². The number of halogens is 3. The Balaban J connectivity index is 1.54. The summed E-state index contributed by atoms with van der Waals surface area (Å²) in [6.45, 7) is 0.290. The molecule has 1 aliphatic carbocycles. The second-order valence-corrected chi connectivity index (χ2v) is 11.3. The average Bonchev–Trinajstić information content (AvgIpc) is 3.55. The fraction of sp³-hybridized carbons (Fsp3) is 0.440. The molecule has 3 aliphatic rings. The molecule has 1 spiro atoms. The molecular weight excluding hydrogens is 495 g/mol. The van der Waals surface area contributed by atoms with E-state index in [2.05, 4.69) is 4.72 Å². The van der Waals surface area contributed by atoms with Crippen LogP contribution in [0.3, 0.4) is 0 Å². The Kier molecular flexibility index (Phi) is 6.09. The van der Waals surface area contributed by atoms with Gasteiger partial charge in [-0.1, -0.05) is 48.5 Å². The molecule has 36 heavy (non-hydrogen) atoms. The van der Waals surface area contributed by atoms with E-state index in [1.807, 2.05) is 6.07 Å². The van der Waals surface area contributed by atoms with Crippen LogP contribution in [0.5, 0.6) is 0 Å². The number of nitrogens with zero attached hydrogens (tertiary/aromatic N) is 2. The summed E-state index contributed by atoms with van der Waals surface area (Å²) in [5, 5.41) is 9.63. The molecule has 190 valence electrons. The van der Waals surface area contributed by atoms with Crippen molar-refractivity contribution in [2.24, 2.45) is 5.41 Å². The first-order valence-electron chi connectivity index (χ1n) is 11.6. The molecule has 0 radical (unpaired) electrons. The smallest absolute Gasteiger partial charge is 0.350 e. The highest BCUT2D eigenvalue weighted by molar-refractivity contribution is 7.89. The Morgan fingerprint density at radius 3 is 2.42 bits per heavy atom. The molecule has 2 aliphatic heterocycles. The van der Waals surface area contributed by atoms with Gasteiger partial charge in [-0.15, -0.1) is 0 Å². The van der Waals surface area contributed by atoms with E-state index < -0.39 is 50.6 Å². The van der Waals surface area contributed by atoms with Crippen molar-refractivity contribution < 1.29 is 31.1 Å². The van der Waals surface area contributed by atoms with Crippen LogP contribution in [-0.2, 0) is 26.0 Å². The largest absolute Gasteiger partial charge is 0.352 e. The third-order valence-electron chi connectivity index (χ3n) is 7.53. The minimum absolute atomic E-state index is 0.0692. The first-order valence-corrected chi connectivity index (χ1v) is 13.2. The number of nitriles is 1. The fourth-order valence-corrected chi connectivity index (χ4v) is 6.17. The zero-order valence-electron chi connectivity index (χ0n) is 19.2. The molecule has 5 rings (SSSR count). The van der Waals surface area contributed by atoms with Crippen LogP contribution in [0.2, 0.25) is 0 Å². The zero-order valence-corrected chi connectivity index (χ0v) is 20.0. The van der Waals surface area contributed by atoms with E-state index in [1.54, 1.807) is 42.5 Å². The molecule has 1 amide bonds. The molecule has 1 saturated carbocycles. The Bertz CT molecular complexity index is 1320. The van der Waals surface area contributed by atoms with Crippen molar-refractivity contribution in [2.75, 3.05) is 13.2 Å². The molecule has 7 nitrogen and oxygen atoms in total. The van der Waals surface area contributed by atoms with Gasteiger partial charge in [0.1, 0.15) is 11.9 Å². The topological polar surface area (TPSA) is 99.5 Å². The maximum atomic E-state index is 15.7. The van der Waals surface area contributed by atoms with Crippen molar-refractivity contribution in [3.05, 3.63) is 59.9 Å². The predicted molar refractivity (Wildman–Crippen MR) is 123 cm³/mol. The van der Waals surface area contributed by atoms with Crippen molar-refractivity contribution in [3.63, 3.8) is 0 Å². The van der Waals surface area contributed by atoms with Gasteiger partial charge in [0.15, 0.2) is 0 Å². The van der Waals surface area contributed by atoms with Crippen molar-refractivity contribution in [1.29, 1.82) is 5.26 Å². The molecule has 0 aromatic heterocycles. The van der Waals surface area contributed by atoms with Crippen molar-refractivity contribution in [2.45, 2.75) is 49.1 Å². The van der Waals surface area contributed by atoms with Gasteiger partial charge in [0.25, 0.3) is 15.9 Å². The third-order valence-corrected chi connectivity index (χ3v) is 8.58. The van der Waals surface area contributed by atoms with Crippen LogP contribution in [0.4, 0.5) is 13.2 Å². The summed E-state index contributed by atoms with van der Waals surface area (Å²) in [6, 6.07) is 13.5. The Morgan fingerprint density at radius 1 is 1.17 bits per heavy atom. The summed E-state index contributed by atoms with van der Waals surface area (Å²) in [5.74, 6) is -4.85. The van der Waals surface area contributed by atoms with E-state index in [1.165, 1.54) is 11.0 Å². The van der Waals surface area contributed by atoms with Crippen LogP contribution in [0, 0.1) is 22.6 Å².